The third-order valence-electron chi connectivity index (χ3n) is 3.01. The Hall–Kier alpha value is -1.63. The van der Waals surface area contributed by atoms with Crippen molar-refractivity contribution in [2.75, 3.05) is 39.7 Å². The Kier molecular flexibility index (Phi) is 4.14. The first-order valence-electron chi connectivity index (χ1n) is 6.00. The molecule has 0 radical (unpaired) electrons. The van der Waals surface area contributed by atoms with Gasteiger partial charge in [0.25, 0.3) is 0 Å². The van der Waals surface area contributed by atoms with Crippen LogP contribution < -0.4 is 14.8 Å². The predicted molar refractivity (Wildman–Crippen MR) is 67.1 cm³/mol. The van der Waals surface area contributed by atoms with E-state index in [-0.39, 0.29) is 12.0 Å². The number of likely N-dealkylation sites (tertiary alicyclic amines) is 1. The number of piperidine rings is 1. The van der Waals surface area contributed by atoms with Gasteiger partial charge in [0.1, 0.15) is 0 Å². The van der Waals surface area contributed by atoms with Crippen LogP contribution in [0.25, 0.3) is 0 Å². The zero-order valence-electron chi connectivity index (χ0n) is 11.0. The van der Waals surface area contributed by atoms with Crippen molar-refractivity contribution in [1.29, 1.82) is 0 Å². The van der Waals surface area contributed by atoms with Gasteiger partial charge in [-0.15, -0.1) is 4.98 Å². The zero-order valence-corrected chi connectivity index (χ0v) is 11.0. The van der Waals surface area contributed by atoms with Gasteiger partial charge in [0.2, 0.25) is 5.95 Å². The Bertz CT molecular complexity index is 371. The smallest absolute Gasteiger partial charge is 0.324 e. The summed E-state index contributed by atoms with van der Waals surface area (Å²) >= 11 is 0. The predicted octanol–water partition coefficient (Wildman–Crippen LogP) is 0.395. The molecule has 0 aliphatic carbocycles. The highest BCUT2D eigenvalue weighted by atomic mass is 16.5. The van der Waals surface area contributed by atoms with Gasteiger partial charge in [-0.3, -0.25) is 0 Å². The summed E-state index contributed by atoms with van der Waals surface area (Å²) in [6.07, 6.45) is 2.15. The summed E-state index contributed by atoms with van der Waals surface area (Å²) < 4.78 is 10.0. The van der Waals surface area contributed by atoms with Gasteiger partial charge >= 0.3 is 12.0 Å². The van der Waals surface area contributed by atoms with E-state index in [1.165, 1.54) is 14.2 Å². The summed E-state index contributed by atoms with van der Waals surface area (Å²) in [6, 6.07) is 0.910. The molecule has 2 rings (SSSR count). The van der Waals surface area contributed by atoms with Gasteiger partial charge in [-0.05, 0) is 33.0 Å². The molecule has 1 fully saturated rings. The van der Waals surface area contributed by atoms with Crippen molar-refractivity contribution in [2.24, 2.45) is 0 Å². The number of ether oxygens (including phenoxy) is 2. The summed E-state index contributed by atoms with van der Waals surface area (Å²) in [5.41, 5.74) is 0. The van der Waals surface area contributed by atoms with Gasteiger partial charge < -0.3 is 19.7 Å². The first-order valence-corrected chi connectivity index (χ1v) is 6.00. The van der Waals surface area contributed by atoms with Crippen LogP contribution in [0.1, 0.15) is 12.8 Å². The molecule has 0 amide bonds. The number of anilines is 1. The van der Waals surface area contributed by atoms with E-state index in [9.17, 15) is 0 Å². The maximum atomic E-state index is 5.01. The van der Waals surface area contributed by atoms with E-state index in [0.29, 0.717) is 12.0 Å². The molecule has 1 aliphatic heterocycles. The Morgan fingerprint density at radius 3 is 2.11 bits per heavy atom. The summed E-state index contributed by atoms with van der Waals surface area (Å²) in [5.74, 6) is 0.508. The third kappa shape index (κ3) is 3.19. The molecule has 7 heteroatoms. The van der Waals surface area contributed by atoms with Crippen LogP contribution >= 0.6 is 0 Å². The first kappa shape index (κ1) is 12.8. The minimum atomic E-state index is 0.261. The maximum absolute atomic E-state index is 5.01. The molecule has 0 unspecified atom stereocenters. The highest BCUT2D eigenvalue weighted by molar-refractivity contribution is 5.29. The molecule has 0 bridgehead atoms. The fraction of sp³-hybridized carbons (Fsp3) is 0.727. The van der Waals surface area contributed by atoms with Crippen LogP contribution in [0.15, 0.2) is 0 Å². The lowest BCUT2D eigenvalue weighted by Gasteiger charge is -2.29. The van der Waals surface area contributed by atoms with Crippen molar-refractivity contribution in [1.82, 2.24) is 19.9 Å². The van der Waals surface area contributed by atoms with Crippen LogP contribution in [0.2, 0.25) is 0 Å². The van der Waals surface area contributed by atoms with Crippen LogP contribution in [0.5, 0.6) is 12.0 Å². The summed E-state index contributed by atoms with van der Waals surface area (Å²) in [6.45, 7) is 2.16. The number of nitrogens with zero attached hydrogens (tertiary/aromatic N) is 4. The van der Waals surface area contributed by atoms with Crippen molar-refractivity contribution in [3.8, 4) is 12.0 Å². The molecule has 1 aromatic rings. The van der Waals surface area contributed by atoms with Gasteiger partial charge in [0, 0.05) is 6.04 Å². The molecule has 100 valence electrons. The van der Waals surface area contributed by atoms with Gasteiger partial charge in [-0.2, -0.15) is 9.97 Å². The molecule has 1 saturated heterocycles. The molecule has 2 heterocycles. The van der Waals surface area contributed by atoms with E-state index >= 15 is 0 Å². The quantitative estimate of drug-likeness (QED) is 0.832. The van der Waals surface area contributed by atoms with E-state index < -0.39 is 0 Å². The van der Waals surface area contributed by atoms with Gasteiger partial charge in [-0.1, -0.05) is 0 Å². The van der Waals surface area contributed by atoms with Crippen molar-refractivity contribution < 1.29 is 9.47 Å². The number of nitrogens with one attached hydrogen (secondary N) is 1. The van der Waals surface area contributed by atoms with Crippen LogP contribution in [0.4, 0.5) is 5.95 Å². The van der Waals surface area contributed by atoms with Crippen LogP contribution in [0.3, 0.4) is 0 Å². The second kappa shape index (κ2) is 5.81. The average molecular weight is 253 g/mol. The second-order valence-electron chi connectivity index (χ2n) is 4.35. The normalized spacial score (nSPS) is 17.5. The molecule has 0 spiro atoms. The molecule has 0 saturated carbocycles. The lowest BCUT2D eigenvalue weighted by molar-refractivity contribution is 0.263. The largest absolute Gasteiger partial charge is 0.467 e. The minimum absolute atomic E-state index is 0.261. The monoisotopic (exact) mass is 253 g/mol. The molecule has 1 N–H and O–H groups in total. The Morgan fingerprint density at radius 1 is 1.06 bits per heavy atom. The Balaban J connectivity index is 2.03. The van der Waals surface area contributed by atoms with E-state index in [1.807, 2.05) is 0 Å². The molecular weight excluding hydrogens is 234 g/mol. The molecule has 1 aromatic heterocycles. The highest BCUT2D eigenvalue weighted by Gasteiger charge is 2.18. The van der Waals surface area contributed by atoms with Crippen LogP contribution in [0, 0.1) is 0 Å². The number of hydrogen-bond donors (Lipinski definition) is 1. The molecule has 0 aromatic carbocycles. The molecule has 18 heavy (non-hydrogen) atoms. The second-order valence-corrected chi connectivity index (χ2v) is 4.35. The molecule has 1 aliphatic rings. The number of methoxy groups -OCH3 is 2. The first-order chi connectivity index (χ1) is 8.71. The van der Waals surface area contributed by atoms with E-state index in [4.69, 9.17) is 9.47 Å². The third-order valence-corrected chi connectivity index (χ3v) is 3.01. The Labute approximate surface area is 107 Å². The lowest BCUT2D eigenvalue weighted by atomic mass is 10.1. The zero-order chi connectivity index (χ0) is 13.0. The fourth-order valence-electron chi connectivity index (χ4n) is 1.92. The minimum Gasteiger partial charge on any atom is -0.467 e. The molecule has 7 nitrogen and oxygen atoms in total. The van der Waals surface area contributed by atoms with Gasteiger partial charge in [-0.25, -0.2) is 0 Å². The number of rotatable bonds is 4. The molecule has 0 atom stereocenters. The summed E-state index contributed by atoms with van der Waals surface area (Å²) in [7, 11) is 5.17. The highest BCUT2D eigenvalue weighted by Crippen LogP contribution is 2.16. The summed E-state index contributed by atoms with van der Waals surface area (Å²) in [4.78, 5) is 14.6. The van der Waals surface area contributed by atoms with E-state index in [0.717, 1.165) is 25.9 Å². The average Bonchev–Trinajstić information content (AvgIpc) is 2.41. The number of hydrogen-bond acceptors (Lipinski definition) is 7. The SMILES string of the molecule is COc1nc(NC2CCN(C)CC2)nc(OC)n1. The van der Waals surface area contributed by atoms with E-state index in [2.05, 4.69) is 32.2 Å². The Morgan fingerprint density at radius 2 is 1.61 bits per heavy atom. The van der Waals surface area contributed by atoms with Gasteiger partial charge in [0.05, 0.1) is 14.2 Å². The van der Waals surface area contributed by atoms with Crippen LogP contribution in [-0.2, 0) is 0 Å². The maximum Gasteiger partial charge on any atom is 0.324 e. The van der Waals surface area contributed by atoms with Crippen molar-refractivity contribution in [3.63, 3.8) is 0 Å². The van der Waals surface area contributed by atoms with Crippen LogP contribution in [-0.4, -0.2) is 60.3 Å². The standard InChI is InChI=1S/C11H19N5O2/c1-16-6-4-8(5-7-16)12-9-13-10(17-2)15-11(14-9)18-3/h8H,4-7H2,1-3H3,(H,12,13,14,15). The van der Waals surface area contributed by atoms with Crippen molar-refractivity contribution >= 4 is 5.95 Å². The molecular formula is C11H19N5O2. The topological polar surface area (TPSA) is 72.4 Å². The lowest BCUT2D eigenvalue weighted by Crippen LogP contribution is -2.37. The van der Waals surface area contributed by atoms with Crippen molar-refractivity contribution in [3.05, 3.63) is 0 Å². The fourth-order valence-corrected chi connectivity index (χ4v) is 1.92. The summed E-state index contributed by atoms with van der Waals surface area (Å²) in [5, 5.41) is 3.30. The van der Waals surface area contributed by atoms with Gasteiger partial charge in [0.15, 0.2) is 0 Å². The van der Waals surface area contributed by atoms with Crippen molar-refractivity contribution in [2.45, 2.75) is 18.9 Å². The number of aromatic nitrogens is 3. The van der Waals surface area contributed by atoms with E-state index in [1.54, 1.807) is 0 Å².